The molecule has 0 saturated heterocycles. The van der Waals surface area contributed by atoms with Crippen LogP contribution in [-0.4, -0.2) is 0 Å². The summed E-state index contributed by atoms with van der Waals surface area (Å²) in [7, 11) is 0. The van der Waals surface area contributed by atoms with Crippen molar-refractivity contribution in [2.75, 3.05) is 5.32 Å². The zero-order chi connectivity index (χ0) is 14.0. The highest BCUT2D eigenvalue weighted by Crippen LogP contribution is 2.28. The summed E-state index contributed by atoms with van der Waals surface area (Å²) in [4.78, 5) is 0. The average Bonchev–Trinajstić information content (AvgIpc) is 2.31. The smallest absolute Gasteiger partial charge is 0.150 e. The van der Waals surface area contributed by atoms with E-state index >= 15 is 0 Å². The lowest BCUT2D eigenvalue weighted by Gasteiger charge is -2.11. The van der Waals surface area contributed by atoms with Gasteiger partial charge in [-0.05, 0) is 34.1 Å². The molecule has 0 saturated carbocycles. The SMILES string of the molecule is Fc1cc(F)c(NCc2c(F)cccc2Cl)c(Br)c1. The van der Waals surface area contributed by atoms with Crippen LogP contribution in [0.25, 0.3) is 0 Å². The molecular weight excluding hydrogens is 343 g/mol. The fourth-order valence-electron chi connectivity index (χ4n) is 1.59. The zero-order valence-electron chi connectivity index (χ0n) is 9.48. The Morgan fingerprint density at radius 2 is 1.84 bits per heavy atom. The van der Waals surface area contributed by atoms with Gasteiger partial charge in [0.15, 0.2) is 0 Å². The van der Waals surface area contributed by atoms with Crippen molar-refractivity contribution in [1.29, 1.82) is 0 Å². The van der Waals surface area contributed by atoms with Gasteiger partial charge in [-0.15, -0.1) is 0 Å². The maximum atomic E-state index is 13.6. The molecule has 0 heterocycles. The van der Waals surface area contributed by atoms with Gasteiger partial charge in [-0.2, -0.15) is 0 Å². The van der Waals surface area contributed by atoms with Gasteiger partial charge >= 0.3 is 0 Å². The van der Waals surface area contributed by atoms with Gasteiger partial charge in [0.05, 0.1) is 5.69 Å². The Balaban J connectivity index is 2.24. The standard InChI is InChI=1S/C13H8BrClF3N/c14-9-4-7(16)5-12(18)13(9)19-6-8-10(15)2-1-3-11(8)17/h1-5,19H,6H2. The third-order valence-electron chi connectivity index (χ3n) is 2.51. The summed E-state index contributed by atoms with van der Waals surface area (Å²) < 4.78 is 40.2. The molecule has 6 heteroatoms. The van der Waals surface area contributed by atoms with E-state index in [4.69, 9.17) is 11.6 Å². The average molecular weight is 351 g/mol. The number of anilines is 1. The van der Waals surface area contributed by atoms with Crippen LogP contribution in [0.2, 0.25) is 5.02 Å². The summed E-state index contributed by atoms with van der Waals surface area (Å²) in [5.74, 6) is -1.95. The Hall–Kier alpha value is -1.20. The van der Waals surface area contributed by atoms with Crippen LogP contribution >= 0.6 is 27.5 Å². The summed E-state index contributed by atoms with van der Waals surface area (Å²) in [6, 6.07) is 6.15. The number of halogens is 5. The molecule has 2 aromatic rings. The van der Waals surface area contributed by atoms with E-state index in [2.05, 4.69) is 21.2 Å². The van der Waals surface area contributed by atoms with Gasteiger partial charge in [0.1, 0.15) is 17.5 Å². The van der Waals surface area contributed by atoms with Crippen LogP contribution in [0, 0.1) is 17.5 Å². The summed E-state index contributed by atoms with van der Waals surface area (Å²) in [5.41, 5.74) is 0.278. The Labute approximate surface area is 121 Å². The minimum atomic E-state index is -0.765. The van der Waals surface area contributed by atoms with Gasteiger partial charge in [0, 0.05) is 27.7 Å². The van der Waals surface area contributed by atoms with Crippen molar-refractivity contribution in [2.45, 2.75) is 6.54 Å². The normalized spacial score (nSPS) is 10.6. The topological polar surface area (TPSA) is 12.0 Å². The second kappa shape index (κ2) is 5.84. The number of nitrogens with one attached hydrogen (secondary N) is 1. The Morgan fingerprint density at radius 3 is 2.47 bits per heavy atom. The molecule has 0 bridgehead atoms. The molecule has 1 N–H and O–H groups in total. The maximum Gasteiger partial charge on any atom is 0.150 e. The van der Waals surface area contributed by atoms with Crippen molar-refractivity contribution < 1.29 is 13.2 Å². The molecule has 0 spiro atoms. The lowest BCUT2D eigenvalue weighted by atomic mass is 10.2. The summed E-state index contributed by atoms with van der Waals surface area (Å²) >= 11 is 8.89. The first-order valence-corrected chi connectivity index (χ1v) is 6.47. The van der Waals surface area contributed by atoms with Crippen molar-refractivity contribution in [3.8, 4) is 0 Å². The Morgan fingerprint density at radius 1 is 1.11 bits per heavy atom. The molecule has 2 aromatic carbocycles. The second-order valence-corrected chi connectivity index (χ2v) is 5.06. The quantitative estimate of drug-likeness (QED) is 0.809. The molecule has 0 radical (unpaired) electrons. The number of benzene rings is 2. The van der Waals surface area contributed by atoms with Crippen LogP contribution in [0.15, 0.2) is 34.8 Å². The molecule has 0 fully saturated rings. The Kier molecular flexibility index (Phi) is 4.37. The molecule has 1 nitrogen and oxygen atoms in total. The van der Waals surface area contributed by atoms with Crippen LogP contribution in [0.1, 0.15) is 5.56 Å². The fraction of sp³-hybridized carbons (Fsp3) is 0.0769. The first-order chi connectivity index (χ1) is 8.99. The Bertz CT molecular complexity index is 576. The van der Waals surface area contributed by atoms with Gasteiger partial charge in [-0.1, -0.05) is 17.7 Å². The van der Waals surface area contributed by atoms with Crippen LogP contribution < -0.4 is 5.32 Å². The molecule has 0 aliphatic rings. The third kappa shape index (κ3) is 3.22. The highest BCUT2D eigenvalue weighted by molar-refractivity contribution is 9.10. The van der Waals surface area contributed by atoms with Gasteiger partial charge in [-0.3, -0.25) is 0 Å². The zero-order valence-corrected chi connectivity index (χ0v) is 11.8. The summed E-state index contributed by atoms with van der Waals surface area (Å²) in [6.07, 6.45) is 0. The fourth-order valence-corrected chi connectivity index (χ4v) is 2.37. The first-order valence-electron chi connectivity index (χ1n) is 5.30. The molecule has 0 aliphatic carbocycles. The highest BCUT2D eigenvalue weighted by Gasteiger charge is 2.12. The minimum Gasteiger partial charge on any atom is -0.378 e. The van der Waals surface area contributed by atoms with E-state index in [1.807, 2.05) is 0 Å². The van der Waals surface area contributed by atoms with Crippen LogP contribution in [-0.2, 0) is 6.54 Å². The molecule has 0 unspecified atom stereocenters. The highest BCUT2D eigenvalue weighted by atomic mass is 79.9. The van der Waals surface area contributed by atoms with E-state index in [-0.39, 0.29) is 27.3 Å². The van der Waals surface area contributed by atoms with E-state index in [1.54, 1.807) is 0 Å². The molecule has 100 valence electrons. The summed E-state index contributed by atoms with van der Waals surface area (Å²) in [6.45, 7) is -0.00728. The lowest BCUT2D eigenvalue weighted by Crippen LogP contribution is -2.05. The molecule has 0 atom stereocenters. The van der Waals surface area contributed by atoms with E-state index in [1.165, 1.54) is 18.2 Å². The third-order valence-corrected chi connectivity index (χ3v) is 3.49. The van der Waals surface area contributed by atoms with E-state index in [0.29, 0.717) is 0 Å². The predicted octanol–water partition coefficient (Wildman–Crippen LogP) is 5.13. The van der Waals surface area contributed by atoms with Crippen LogP contribution in [0.5, 0.6) is 0 Å². The molecule has 19 heavy (non-hydrogen) atoms. The summed E-state index contributed by atoms with van der Waals surface area (Å²) in [5, 5.41) is 2.94. The van der Waals surface area contributed by atoms with Crippen molar-refractivity contribution in [3.63, 3.8) is 0 Å². The van der Waals surface area contributed by atoms with Gasteiger partial charge < -0.3 is 5.32 Å². The van der Waals surface area contributed by atoms with Crippen molar-refractivity contribution in [2.24, 2.45) is 0 Å². The van der Waals surface area contributed by atoms with Gasteiger partial charge in [-0.25, -0.2) is 13.2 Å². The first kappa shape index (κ1) is 14.2. The van der Waals surface area contributed by atoms with E-state index in [9.17, 15) is 13.2 Å². The predicted molar refractivity (Wildman–Crippen MR) is 72.8 cm³/mol. The van der Waals surface area contributed by atoms with E-state index in [0.717, 1.165) is 12.1 Å². The van der Waals surface area contributed by atoms with E-state index < -0.39 is 17.5 Å². The molecule has 0 aliphatic heterocycles. The second-order valence-electron chi connectivity index (χ2n) is 3.80. The van der Waals surface area contributed by atoms with Gasteiger partial charge in [0.2, 0.25) is 0 Å². The molecule has 0 aromatic heterocycles. The molecule has 2 rings (SSSR count). The van der Waals surface area contributed by atoms with Crippen molar-refractivity contribution >= 4 is 33.2 Å². The lowest BCUT2D eigenvalue weighted by molar-refractivity contribution is 0.582. The van der Waals surface area contributed by atoms with Crippen LogP contribution in [0.3, 0.4) is 0 Å². The number of hydrogen-bond donors (Lipinski definition) is 1. The maximum absolute atomic E-state index is 13.6. The monoisotopic (exact) mass is 349 g/mol. The number of hydrogen-bond acceptors (Lipinski definition) is 1. The van der Waals surface area contributed by atoms with Crippen molar-refractivity contribution in [3.05, 3.63) is 62.8 Å². The minimum absolute atomic E-state index is 0.00728. The molecular formula is C13H8BrClF3N. The van der Waals surface area contributed by atoms with Gasteiger partial charge in [0.25, 0.3) is 0 Å². The largest absolute Gasteiger partial charge is 0.378 e. The van der Waals surface area contributed by atoms with Crippen molar-refractivity contribution in [1.82, 2.24) is 0 Å². The number of rotatable bonds is 3. The van der Waals surface area contributed by atoms with Crippen LogP contribution in [0.4, 0.5) is 18.9 Å². The molecule has 0 amide bonds.